The lowest BCUT2D eigenvalue weighted by Crippen LogP contribution is -2.47. The Morgan fingerprint density at radius 2 is 1.94 bits per heavy atom. The fourth-order valence-corrected chi connectivity index (χ4v) is 0.913. The average molecular weight is 267 g/mol. The normalized spacial score (nSPS) is 12.2. The Balaban J connectivity index is 4.51. The molecule has 0 heterocycles. The number of Topliss-reactive ketones (excluding diaryl/α,β-unsaturated/α-hetero) is 1. The van der Waals surface area contributed by atoms with Crippen molar-refractivity contribution >= 4 is 23.9 Å². The van der Waals surface area contributed by atoms with Crippen LogP contribution < -0.4 is 5.32 Å². The Hall–Kier alpha value is -2.22. The van der Waals surface area contributed by atoms with E-state index in [0.29, 0.717) is 6.21 Å². The molecule has 0 radical (unpaired) electrons. The van der Waals surface area contributed by atoms with E-state index in [2.05, 4.69) is 4.79 Å². The predicted molar refractivity (Wildman–Crippen MR) is 49.5 cm³/mol. The average Bonchev–Trinajstić information content (AvgIpc) is 2.22. The molecule has 0 fully saturated rings. The third kappa shape index (κ3) is 5.75. The highest BCUT2D eigenvalue weighted by Crippen LogP contribution is 2.15. The number of aliphatic carboxylic acids is 1. The molecule has 0 aromatic rings. The van der Waals surface area contributed by atoms with Crippen molar-refractivity contribution in [3.63, 3.8) is 0 Å². The van der Waals surface area contributed by atoms with Gasteiger partial charge in [0.05, 0.1) is 0 Å². The largest absolute Gasteiger partial charge is 0.480 e. The van der Waals surface area contributed by atoms with Crippen molar-refractivity contribution in [3.8, 4) is 0 Å². The van der Waals surface area contributed by atoms with Gasteiger partial charge in [-0.3, -0.25) is 9.59 Å². The molecule has 0 aliphatic carbocycles. The molecule has 0 aromatic carbocycles. The highest BCUT2D eigenvalue weighted by Gasteiger charge is 2.40. The number of carboxylic acids is 1. The van der Waals surface area contributed by atoms with Crippen LogP contribution in [0.1, 0.15) is 12.8 Å². The zero-order chi connectivity index (χ0) is 14.3. The van der Waals surface area contributed by atoms with Gasteiger partial charge in [0.15, 0.2) is 0 Å². The van der Waals surface area contributed by atoms with Crippen molar-refractivity contribution in [2.45, 2.75) is 25.1 Å². The number of hydrogen-bond donors (Lipinski definition) is 2. The van der Waals surface area contributed by atoms with Crippen molar-refractivity contribution in [1.82, 2.24) is 5.32 Å². The first kappa shape index (κ1) is 15.8. The van der Waals surface area contributed by atoms with Gasteiger partial charge in [0.2, 0.25) is 5.78 Å². The molecule has 0 unspecified atom stereocenters. The second-order valence-electron chi connectivity index (χ2n) is 3.11. The number of hydrogen-bond acceptors (Lipinski definition) is 3. The van der Waals surface area contributed by atoms with E-state index in [-0.39, 0.29) is 0 Å². The van der Waals surface area contributed by atoms with Gasteiger partial charge in [0, 0.05) is 6.42 Å². The Morgan fingerprint density at radius 1 is 1.39 bits per heavy atom. The second-order valence-corrected chi connectivity index (χ2v) is 3.11. The number of alkyl halides is 3. The molecule has 0 aromatic heterocycles. The molecule has 10 heteroatoms. The summed E-state index contributed by atoms with van der Waals surface area (Å²) in [5.74, 6) is -4.90. The summed E-state index contributed by atoms with van der Waals surface area (Å²) in [7, 11) is 0. The SMILES string of the molecule is [N-]=[N+]=CC(=O)CC[C@H](NC(=O)C(F)(F)F)C(=O)O. The number of ketones is 1. The molecule has 7 nitrogen and oxygen atoms in total. The summed E-state index contributed by atoms with van der Waals surface area (Å²) in [5.41, 5.74) is 7.98. The highest BCUT2D eigenvalue weighted by molar-refractivity contribution is 6.25. The molecule has 100 valence electrons. The minimum absolute atomic E-state index is 0.477. The van der Waals surface area contributed by atoms with Crippen LogP contribution >= 0.6 is 0 Å². The maximum atomic E-state index is 11.9. The van der Waals surface area contributed by atoms with Crippen LogP contribution in [0.25, 0.3) is 5.53 Å². The van der Waals surface area contributed by atoms with Gasteiger partial charge in [-0.1, -0.05) is 0 Å². The van der Waals surface area contributed by atoms with Gasteiger partial charge in [-0.15, -0.1) is 0 Å². The number of carbonyl (C=O) groups is 3. The third-order valence-corrected chi connectivity index (χ3v) is 1.74. The summed E-state index contributed by atoms with van der Waals surface area (Å²) in [6, 6.07) is -1.85. The van der Waals surface area contributed by atoms with E-state index < -0.39 is 42.7 Å². The van der Waals surface area contributed by atoms with E-state index in [9.17, 15) is 27.6 Å². The zero-order valence-corrected chi connectivity index (χ0v) is 8.77. The standard InChI is InChI=1S/C8H8F3N3O4/c9-8(10,11)7(18)14-5(6(16)17)2-1-4(15)3-13-12/h3,5H,1-2H2,(H,14,18)(H,16,17)/t5-/m0/s1. The molecule has 0 bridgehead atoms. The quantitative estimate of drug-likeness (QED) is 0.392. The molecule has 0 aliphatic rings. The first-order valence-corrected chi connectivity index (χ1v) is 4.49. The Bertz CT molecular complexity index is 401. The number of halogens is 3. The summed E-state index contributed by atoms with van der Waals surface area (Å²) in [6.45, 7) is 0. The summed E-state index contributed by atoms with van der Waals surface area (Å²) in [4.78, 5) is 34.2. The van der Waals surface area contributed by atoms with Gasteiger partial charge >= 0.3 is 24.3 Å². The maximum Gasteiger partial charge on any atom is 0.471 e. The second kappa shape index (κ2) is 6.50. The molecule has 0 saturated heterocycles. The number of carbonyl (C=O) groups excluding carboxylic acids is 2. The third-order valence-electron chi connectivity index (χ3n) is 1.74. The number of rotatable bonds is 6. The molecule has 2 N–H and O–H groups in total. The smallest absolute Gasteiger partial charge is 0.471 e. The predicted octanol–water partition coefficient (Wildman–Crippen LogP) is -0.232. The Kier molecular flexibility index (Phi) is 5.70. The number of amides is 1. The summed E-state index contributed by atoms with van der Waals surface area (Å²) < 4.78 is 35.6. The maximum absolute atomic E-state index is 11.9. The van der Waals surface area contributed by atoms with Crippen LogP contribution in [0.3, 0.4) is 0 Å². The van der Waals surface area contributed by atoms with Gasteiger partial charge in [-0.05, 0) is 6.42 Å². The van der Waals surface area contributed by atoms with Crippen LogP contribution in [0.5, 0.6) is 0 Å². The molecule has 18 heavy (non-hydrogen) atoms. The van der Waals surface area contributed by atoms with Crippen molar-refractivity contribution < 1.29 is 37.5 Å². The van der Waals surface area contributed by atoms with E-state index >= 15 is 0 Å². The first-order valence-electron chi connectivity index (χ1n) is 4.49. The van der Waals surface area contributed by atoms with Crippen molar-refractivity contribution in [2.75, 3.05) is 0 Å². The van der Waals surface area contributed by atoms with Gasteiger partial charge in [-0.25, -0.2) is 4.79 Å². The molecule has 1 atom stereocenters. The monoisotopic (exact) mass is 267 g/mol. The topological polar surface area (TPSA) is 120 Å². The van der Waals surface area contributed by atoms with Crippen LogP contribution in [0.2, 0.25) is 0 Å². The molecule has 0 rings (SSSR count). The minimum atomic E-state index is -5.20. The fraction of sp³-hybridized carbons (Fsp3) is 0.500. The lowest BCUT2D eigenvalue weighted by molar-refractivity contribution is -0.175. The molecular formula is C8H8F3N3O4. The van der Waals surface area contributed by atoms with E-state index in [4.69, 9.17) is 10.6 Å². The van der Waals surface area contributed by atoms with Crippen LogP contribution in [0.4, 0.5) is 13.2 Å². The van der Waals surface area contributed by atoms with Crippen LogP contribution in [-0.4, -0.2) is 46.0 Å². The summed E-state index contributed by atoms with van der Waals surface area (Å²) in [6.07, 6.45) is -5.77. The van der Waals surface area contributed by atoms with Crippen molar-refractivity contribution in [2.24, 2.45) is 0 Å². The van der Waals surface area contributed by atoms with Crippen LogP contribution in [0, 0.1) is 0 Å². The Labute approximate surface area is 98.2 Å². The lowest BCUT2D eigenvalue weighted by atomic mass is 10.1. The van der Waals surface area contributed by atoms with Crippen LogP contribution in [-0.2, 0) is 14.4 Å². The van der Waals surface area contributed by atoms with Gasteiger partial charge in [0.1, 0.15) is 6.04 Å². The fourth-order valence-electron chi connectivity index (χ4n) is 0.913. The number of carboxylic acid groups (broad SMARTS) is 1. The zero-order valence-electron chi connectivity index (χ0n) is 8.77. The van der Waals surface area contributed by atoms with E-state index in [0.717, 1.165) is 0 Å². The van der Waals surface area contributed by atoms with Crippen molar-refractivity contribution in [1.29, 1.82) is 0 Å². The van der Waals surface area contributed by atoms with Gasteiger partial charge in [-0.2, -0.15) is 18.0 Å². The molecule has 0 spiro atoms. The molecule has 0 aliphatic heterocycles. The molecule has 0 saturated carbocycles. The van der Waals surface area contributed by atoms with Gasteiger partial charge < -0.3 is 16.0 Å². The summed E-state index contributed by atoms with van der Waals surface area (Å²) in [5, 5.41) is 9.79. The van der Waals surface area contributed by atoms with E-state index in [1.54, 1.807) is 0 Å². The van der Waals surface area contributed by atoms with Gasteiger partial charge in [0.25, 0.3) is 0 Å². The summed E-state index contributed by atoms with van der Waals surface area (Å²) >= 11 is 0. The Morgan fingerprint density at radius 3 is 2.33 bits per heavy atom. The lowest BCUT2D eigenvalue weighted by Gasteiger charge is -2.14. The number of nitrogens with one attached hydrogen (secondary N) is 1. The molecular weight excluding hydrogens is 259 g/mol. The first-order chi connectivity index (χ1) is 8.18. The highest BCUT2D eigenvalue weighted by atomic mass is 19.4. The molecule has 1 amide bonds. The van der Waals surface area contributed by atoms with Crippen LogP contribution in [0.15, 0.2) is 0 Å². The van der Waals surface area contributed by atoms with E-state index in [1.165, 1.54) is 5.32 Å². The minimum Gasteiger partial charge on any atom is -0.480 e. The van der Waals surface area contributed by atoms with Crippen molar-refractivity contribution in [3.05, 3.63) is 5.53 Å². The van der Waals surface area contributed by atoms with E-state index in [1.807, 2.05) is 0 Å². The number of nitrogens with zero attached hydrogens (tertiary/aromatic N) is 2.